The third-order valence-corrected chi connectivity index (χ3v) is 3.75. The number of hydrogen-bond acceptors (Lipinski definition) is 4. The van der Waals surface area contributed by atoms with Gasteiger partial charge in [0.2, 0.25) is 0 Å². The average molecular weight is 550 g/mol. The van der Waals surface area contributed by atoms with Crippen molar-refractivity contribution in [3.05, 3.63) is 20.9 Å². The highest BCUT2D eigenvalue weighted by atomic mass is 19.4. The van der Waals surface area contributed by atoms with E-state index in [0.717, 1.165) is 0 Å². The van der Waals surface area contributed by atoms with Gasteiger partial charge >= 0.3 is 36.4 Å². The Balaban J connectivity index is 6.04. The molecule has 0 aliphatic rings. The first-order valence-electron chi connectivity index (χ1n) is 8.39. The number of ether oxygens (including phenoxy) is 2. The van der Waals surface area contributed by atoms with Crippen LogP contribution < -0.4 is 0 Å². The van der Waals surface area contributed by atoms with E-state index in [-0.39, 0.29) is 0 Å². The lowest BCUT2D eigenvalue weighted by Gasteiger charge is -2.36. The van der Waals surface area contributed by atoms with Gasteiger partial charge in [-0.15, -0.1) is 0 Å². The lowest BCUT2D eigenvalue weighted by molar-refractivity contribution is -0.383. The molecular formula is C13H12F14N6O2. The van der Waals surface area contributed by atoms with Crippen molar-refractivity contribution in [3.8, 4) is 0 Å². The van der Waals surface area contributed by atoms with Gasteiger partial charge in [-0.3, -0.25) is 0 Å². The van der Waals surface area contributed by atoms with Crippen LogP contribution in [0.5, 0.6) is 0 Å². The van der Waals surface area contributed by atoms with E-state index in [1.807, 2.05) is 9.82 Å². The summed E-state index contributed by atoms with van der Waals surface area (Å²) in [5.74, 6) is -11.9. The van der Waals surface area contributed by atoms with Crippen molar-refractivity contribution in [1.82, 2.24) is 0 Å². The molecular weight excluding hydrogens is 538 g/mol. The molecule has 204 valence electrons. The SMILES string of the molecule is [N-]=[N+]=NCC(CN=[N+]=[N-])(COC(F)(F)C(F)(F)CC(F)(F)F)COC(F)(F)C(F)(F)CC(F)(F)F. The number of alkyl halides is 14. The predicted molar refractivity (Wildman–Crippen MR) is 83.5 cm³/mol. The molecule has 0 aromatic rings. The average Bonchev–Trinajstić information content (AvgIpc) is 2.63. The van der Waals surface area contributed by atoms with E-state index < -0.39 is 81.0 Å². The van der Waals surface area contributed by atoms with E-state index in [4.69, 9.17) is 11.1 Å². The molecule has 0 aliphatic heterocycles. The Morgan fingerprint density at radius 2 is 0.829 bits per heavy atom. The molecule has 0 N–H and O–H groups in total. The van der Waals surface area contributed by atoms with Crippen LogP contribution in [0.15, 0.2) is 10.2 Å². The van der Waals surface area contributed by atoms with Crippen molar-refractivity contribution in [3.63, 3.8) is 0 Å². The Bertz CT molecular complexity index is 735. The summed E-state index contributed by atoms with van der Waals surface area (Å²) < 4.78 is 188. The van der Waals surface area contributed by atoms with E-state index in [1.165, 1.54) is 0 Å². The fraction of sp³-hybridized carbons (Fsp3) is 1.00. The van der Waals surface area contributed by atoms with Gasteiger partial charge in [0, 0.05) is 28.3 Å². The first-order valence-corrected chi connectivity index (χ1v) is 8.39. The summed E-state index contributed by atoms with van der Waals surface area (Å²) in [7, 11) is 0. The first-order chi connectivity index (χ1) is 15.4. The van der Waals surface area contributed by atoms with Crippen LogP contribution in [0.3, 0.4) is 0 Å². The largest absolute Gasteiger partial charge is 0.419 e. The second kappa shape index (κ2) is 11.1. The smallest absolute Gasteiger partial charge is 0.315 e. The molecule has 0 bridgehead atoms. The maximum Gasteiger partial charge on any atom is 0.419 e. The molecule has 0 saturated carbocycles. The summed E-state index contributed by atoms with van der Waals surface area (Å²) in [6.45, 7) is -7.26. The molecule has 0 aliphatic carbocycles. The van der Waals surface area contributed by atoms with Crippen molar-refractivity contribution in [1.29, 1.82) is 0 Å². The maximum absolute atomic E-state index is 13.6. The van der Waals surface area contributed by atoms with Gasteiger partial charge in [0.15, 0.2) is 0 Å². The van der Waals surface area contributed by atoms with Crippen LogP contribution in [0.2, 0.25) is 0 Å². The van der Waals surface area contributed by atoms with E-state index in [9.17, 15) is 61.5 Å². The van der Waals surface area contributed by atoms with Gasteiger partial charge in [-0.1, -0.05) is 10.2 Å². The van der Waals surface area contributed by atoms with Crippen molar-refractivity contribution in [2.75, 3.05) is 26.3 Å². The lowest BCUT2D eigenvalue weighted by atomic mass is 9.90. The highest BCUT2D eigenvalue weighted by Crippen LogP contribution is 2.46. The van der Waals surface area contributed by atoms with Crippen molar-refractivity contribution in [2.45, 2.75) is 49.3 Å². The highest BCUT2D eigenvalue weighted by molar-refractivity contribution is 4.89. The number of nitrogens with zero attached hydrogens (tertiary/aromatic N) is 6. The highest BCUT2D eigenvalue weighted by Gasteiger charge is 2.64. The minimum absolute atomic E-state index is 1.48. The molecule has 0 aromatic carbocycles. The first kappa shape index (κ1) is 32.6. The normalized spacial score (nSPS) is 14.3. The molecule has 0 fully saturated rings. The Hall–Kier alpha value is -2.44. The van der Waals surface area contributed by atoms with Gasteiger partial charge in [-0.2, -0.15) is 61.5 Å². The van der Waals surface area contributed by atoms with E-state index in [2.05, 4.69) is 19.7 Å². The summed E-state index contributed by atoms with van der Waals surface area (Å²) in [6, 6.07) is 0. The van der Waals surface area contributed by atoms with Crippen LogP contribution in [-0.2, 0) is 9.47 Å². The lowest BCUT2D eigenvalue weighted by Crippen LogP contribution is -2.51. The van der Waals surface area contributed by atoms with Crippen LogP contribution in [0, 0.1) is 5.41 Å². The molecule has 0 amide bonds. The van der Waals surface area contributed by atoms with Crippen LogP contribution in [0.4, 0.5) is 61.5 Å². The zero-order chi connectivity index (χ0) is 28.0. The molecule has 0 aromatic heterocycles. The fourth-order valence-electron chi connectivity index (χ4n) is 2.05. The van der Waals surface area contributed by atoms with Crippen molar-refractivity contribution >= 4 is 0 Å². The van der Waals surface area contributed by atoms with Crippen LogP contribution in [-0.4, -0.2) is 62.7 Å². The molecule has 35 heavy (non-hydrogen) atoms. The second-order valence-corrected chi connectivity index (χ2v) is 6.88. The van der Waals surface area contributed by atoms with Gasteiger partial charge in [-0.05, 0) is 11.1 Å². The van der Waals surface area contributed by atoms with E-state index >= 15 is 0 Å². The van der Waals surface area contributed by atoms with E-state index in [1.54, 1.807) is 0 Å². The minimum atomic E-state index is -6.01. The molecule has 0 heterocycles. The third kappa shape index (κ3) is 10.4. The quantitative estimate of drug-likeness (QED) is 0.100. The number of hydrogen-bond donors (Lipinski definition) is 0. The summed E-state index contributed by atoms with van der Waals surface area (Å²) in [5.41, 5.74) is 13.7. The van der Waals surface area contributed by atoms with Crippen LogP contribution in [0.25, 0.3) is 20.9 Å². The van der Waals surface area contributed by atoms with Gasteiger partial charge < -0.3 is 9.47 Å². The minimum Gasteiger partial charge on any atom is -0.315 e. The van der Waals surface area contributed by atoms with Gasteiger partial charge in [0.1, 0.15) is 12.8 Å². The molecule has 0 rings (SSSR count). The zero-order valence-electron chi connectivity index (χ0n) is 16.5. The number of rotatable bonds is 14. The molecule has 0 saturated heterocycles. The van der Waals surface area contributed by atoms with Crippen molar-refractivity contribution < 1.29 is 70.9 Å². The molecule has 0 unspecified atom stereocenters. The summed E-state index contributed by atoms with van der Waals surface area (Å²) in [5, 5.41) is 5.31. The standard InChI is InChI=1S/C13H12F14N6O2/c14-8(15,1-10(18,19)20)12(24,25)34-5-7(3-30-32-28,4-31-33-29)6-35-13(26,27)9(16,17)2-11(21,22)23/h1-6H2. The Morgan fingerprint density at radius 3 is 1.06 bits per heavy atom. The van der Waals surface area contributed by atoms with Gasteiger partial charge in [0.05, 0.1) is 13.2 Å². The van der Waals surface area contributed by atoms with E-state index in [0.29, 0.717) is 0 Å². The van der Waals surface area contributed by atoms with Gasteiger partial charge in [0.25, 0.3) is 0 Å². The number of azide groups is 2. The third-order valence-electron chi connectivity index (χ3n) is 3.75. The summed E-state index contributed by atoms with van der Waals surface area (Å²) >= 11 is 0. The van der Waals surface area contributed by atoms with Crippen molar-refractivity contribution in [2.24, 2.45) is 15.6 Å². The zero-order valence-corrected chi connectivity index (χ0v) is 16.5. The fourth-order valence-corrected chi connectivity index (χ4v) is 2.05. The summed E-state index contributed by atoms with van der Waals surface area (Å²) in [4.78, 5) is 4.04. The van der Waals surface area contributed by atoms with Crippen LogP contribution >= 0.6 is 0 Å². The van der Waals surface area contributed by atoms with Gasteiger partial charge in [-0.25, -0.2) is 0 Å². The number of halogens is 14. The van der Waals surface area contributed by atoms with Crippen LogP contribution in [0.1, 0.15) is 12.8 Å². The molecule has 0 atom stereocenters. The maximum atomic E-state index is 13.6. The monoisotopic (exact) mass is 550 g/mol. The second-order valence-electron chi connectivity index (χ2n) is 6.88. The molecule has 0 spiro atoms. The Morgan fingerprint density at radius 1 is 0.543 bits per heavy atom. The predicted octanol–water partition coefficient (Wildman–Crippen LogP) is 6.99. The topological polar surface area (TPSA) is 116 Å². The Labute approximate surface area is 184 Å². The molecule has 22 heteroatoms. The molecule has 8 nitrogen and oxygen atoms in total. The molecule has 0 radical (unpaired) electrons. The Kier molecular flexibility index (Phi) is 10.3. The summed E-state index contributed by atoms with van der Waals surface area (Å²) in [6.07, 6.45) is -30.6.